The summed E-state index contributed by atoms with van der Waals surface area (Å²) < 4.78 is 0. The number of ketones is 1. The van der Waals surface area contributed by atoms with Crippen LogP contribution in [0.4, 0.5) is 0 Å². The maximum absolute atomic E-state index is 12.5. The Balaban J connectivity index is 1.54. The molecule has 3 fully saturated rings. The van der Waals surface area contributed by atoms with Crippen molar-refractivity contribution < 1.29 is 4.79 Å². The van der Waals surface area contributed by atoms with E-state index >= 15 is 0 Å². The molecule has 3 nitrogen and oxygen atoms in total. The first-order valence-corrected chi connectivity index (χ1v) is 8.75. The molecule has 0 amide bonds. The summed E-state index contributed by atoms with van der Waals surface area (Å²) in [6.07, 6.45) is 10.2. The molecule has 0 N–H and O–H groups in total. The highest BCUT2D eigenvalue weighted by Gasteiger charge is 2.34. The van der Waals surface area contributed by atoms with E-state index in [-0.39, 0.29) is 0 Å². The van der Waals surface area contributed by atoms with Crippen LogP contribution in [0.25, 0.3) is 0 Å². The number of piperidine rings is 1. The van der Waals surface area contributed by atoms with Crippen LogP contribution in [0.2, 0.25) is 0 Å². The zero-order valence-electron chi connectivity index (χ0n) is 13.0. The molecule has 0 aromatic rings. The molecule has 0 bridgehead atoms. The summed E-state index contributed by atoms with van der Waals surface area (Å²) in [6, 6.07) is 1.27. The summed E-state index contributed by atoms with van der Waals surface area (Å²) >= 11 is 0. The van der Waals surface area contributed by atoms with Gasteiger partial charge in [-0.3, -0.25) is 14.6 Å². The highest BCUT2D eigenvalue weighted by molar-refractivity contribution is 5.83. The molecule has 1 saturated carbocycles. The molecule has 20 heavy (non-hydrogen) atoms. The topological polar surface area (TPSA) is 23.6 Å². The molecular formula is C17H30N2O. The van der Waals surface area contributed by atoms with E-state index in [0.717, 1.165) is 32.0 Å². The van der Waals surface area contributed by atoms with Gasteiger partial charge >= 0.3 is 0 Å². The van der Waals surface area contributed by atoms with E-state index in [0.29, 0.717) is 17.7 Å². The fourth-order valence-corrected chi connectivity index (χ4v) is 4.39. The Hall–Kier alpha value is -0.410. The molecule has 2 saturated heterocycles. The van der Waals surface area contributed by atoms with E-state index in [4.69, 9.17) is 0 Å². The molecule has 2 aliphatic heterocycles. The van der Waals surface area contributed by atoms with Gasteiger partial charge in [-0.15, -0.1) is 0 Å². The normalized spacial score (nSPS) is 33.9. The second kappa shape index (κ2) is 6.57. The SMILES string of the molecule is CC1CN2CCCCC2CN1CC(=O)C1CCCCC1. The van der Waals surface area contributed by atoms with E-state index in [1.807, 2.05) is 0 Å². The number of Topliss-reactive ketones (excluding diaryl/α,β-unsaturated/α-hetero) is 1. The van der Waals surface area contributed by atoms with Gasteiger partial charge in [-0.1, -0.05) is 25.7 Å². The van der Waals surface area contributed by atoms with E-state index < -0.39 is 0 Å². The van der Waals surface area contributed by atoms with Crippen molar-refractivity contribution in [2.24, 2.45) is 5.92 Å². The summed E-state index contributed by atoms with van der Waals surface area (Å²) in [5, 5.41) is 0. The molecule has 0 spiro atoms. The third-order valence-electron chi connectivity index (χ3n) is 5.74. The van der Waals surface area contributed by atoms with E-state index in [1.165, 1.54) is 51.6 Å². The molecule has 114 valence electrons. The largest absolute Gasteiger partial charge is 0.298 e. The standard InChI is InChI=1S/C17H30N2O/c1-14-11-18-10-6-5-9-16(18)12-19(14)13-17(20)15-7-3-2-4-8-15/h14-16H,2-13H2,1H3. The number of fused-ring (bicyclic) bond motifs is 1. The molecule has 3 rings (SSSR count). The van der Waals surface area contributed by atoms with Crippen LogP contribution in [0, 0.1) is 5.92 Å². The number of hydrogen-bond donors (Lipinski definition) is 0. The van der Waals surface area contributed by atoms with Crippen molar-refractivity contribution in [2.75, 3.05) is 26.2 Å². The molecule has 3 heteroatoms. The minimum absolute atomic E-state index is 0.375. The second-order valence-electron chi connectivity index (χ2n) is 7.22. The number of nitrogens with zero attached hydrogens (tertiary/aromatic N) is 2. The monoisotopic (exact) mass is 278 g/mol. The number of piperazine rings is 1. The van der Waals surface area contributed by atoms with Gasteiger partial charge in [0.2, 0.25) is 0 Å². The zero-order valence-corrected chi connectivity index (χ0v) is 13.0. The van der Waals surface area contributed by atoms with Crippen molar-refractivity contribution in [2.45, 2.75) is 70.4 Å². The van der Waals surface area contributed by atoms with Crippen LogP contribution < -0.4 is 0 Å². The van der Waals surface area contributed by atoms with Gasteiger partial charge in [-0.25, -0.2) is 0 Å². The Kier molecular flexibility index (Phi) is 4.77. The molecule has 3 aliphatic rings. The average Bonchev–Trinajstić information content (AvgIpc) is 2.49. The molecule has 0 aromatic carbocycles. The van der Waals surface area contributed by atoms with Crippen molar-refractivity contribution in [1.29, 1.82) is 0 Å². The van der Waals surface area contributed by atoms with Crippen molar-refractivity contribution in [3.8, 4) is 0 Å². The molecule has 0 aromatic heterocycles. The molecule has 2 heterocycles. The Morgan fingerprint density at radius 1 is 1.00 bits per heavy atom. The maximum Gasteiger partial charge on any atom is 0.149 e. The smallest absolute Gasteiger partial charge is 0.149 e. The van der Waals surface area contributed by atoms with E-state index in [1.54, 1.807) is 0 Å². The van der Waals surface area contributed by atoms with Crippen LogP contribution in [0.1, 0.15) is 58.3 Å². The van der Waals surface area contributed by atoms with Crippen molar-refractivity contribution in [3.05, 3.63) is 0 Å². The first-order chi connectivity index (χ1) is 9.74. The van der Waals surface area contributed by atoms with Crippen molar-refractivity contribution in [3.63, 3.8) is 0 Å². The molecule has 1 aliphatic carbocycles. The molecule has 2 unspecified atom stereocenters. The van der Waals surface area contributed by atoms with Gasteiger partial charge in [0.1, 0.15) is 5.78 Å². The summed E-state index contributed by atoms with van der Waals surface area (Å²) in [5.41, 5.74) is 0. The highest BCUT2D eigenvalue weighted by Crippen LogP contribution is 2.27. The Morgan fingerprint density at radius 3 is 2.55 bits per heavy atom. The predicted octanol–water partition coefficient (Wildman–Crippen LogP) is 2.69. The average molecular weight is 278 g/mol. The van der Waals surface area contributed by atoms with Gasteiger partial charge in [-0.2, -0.15) is 0 Å². The third kappa shape index (κ3) is 3.25. The van der Waals surface area contributed by atoms with Gasteiger partial charge in [0.15, 0.2) is 0 Å². The first-order valence-electron chi connectivity index (χ1n) is 8.75. The Labute approximate surface area is 123 Å². The fourth-order valence-electron chi connectivity index (χ4n) is 4.39. The van der Waals surface area contributed by atoms with Crippen molar-refractivity contribution in [1.82, 2.24) is 9.80 Å². The summed E-state index contributed by atoms with van der Waals surface area (Å²) in [7, 11) is 0. The third-order valence-corrected chi connectivity index (χ3v) is 5.74. The van der Waals surface area contributed by atoms with Gasteiger partial charge < -0.3 is 0 Å². The predicted molar refractivity (Wildman–Crippen MR) is 81.8 cm³/mol. The lowest BCUT2D eigenvalue weighted by Crippen LogP contribution is -2.59. The van der Waals surface area contributed by atoms with Crippen LogP contribution >= 0.6 is 0 Å². The fraction of sp³-hybridized carbons (Fsp3) is 0.941. The van der Waals surface area contributed by atoms with E-state index in [9.17, 15) is 4.79 Å². The summed E-state index contributed by atoms with van der Waals surface area (Å²) in [4.78, 5) is 17.7. The first kappa shape index (κ1) is 14.5. The van der Waals surface area contributed by atoms with Gasteiger partial charge in [-0.05, 0) is 39.2 Å². The summed E-state index contributed by atoms with van der Waals surface area (Å²) in [5.74, 6) is 0.904. The van der Waals surface area contributed by atoms with Crippen LogP contribution in [-0.2, 0) is 4.79 Å². The lowest BCUT2D eigenvalue weighted by atomic mass is 9.85. The number of carbonyl (C=O) groups is 1. The molecule has 0 radical (unpaired) electrons. The molecule has 2 atom stereocenters. The van der Waals surface area contributed by atoms with E-state index in [2.05, 4.69) is 16.7 Å². The number of carbonyl (C=O) groups excluding carboxylic acids is 1. The maximum atomic E-state index is 12.5. The molecular weight excluding hydrogens is 248 g/mol. The number of rotatable bonds is 3. The Morgan fingerprint density at radius 2 is 1.75 bits per heavy atom. The van der Waals surface area contributed by atoms with Crippen LogP contribution in [0.3, 0.4) is 0 Å². The van der Waals surface area contributed by atoms with Gasteiger partial charge in [0.25, 0.3) is 0 Å². The lowest BCUT2D eigenvalue weighted by molar-refractivity contribution is -0.126. The summed E-state index contributed by atoms with van der Waals surface area (Å²) in [6.45, 7) is 6.59. The zero-order chi connectivity index (χ0) is 13.9. The minimum atomic E-state index is 0.375. The van der Waals surface area contributed by atoms with Crippen LogP contribution in [0.15, 0.2) is 0 Å². The Bertz CT molecular complexity index is 338. The minimum Gasteiger partial charge on any atom is -0.298 e. The second-order valence-corrected chi connectivity index (χ2v) is 7.22. The number of hydrogen-bond acceptors (Lipinski definition) is 3. The van der Waals surface area contributed by atoms with Crippen LogP contribution in [-0.4, -0.2) is 53.8 Å². The van der Waals surface area contributed by atoms with Crippen molar-refractivity contribution >= 4 is 5.78 Å². The van der Waals surface area contributed by atoms with Gasteiger partial charge in [0, 0.05) is 31.1 Å². The lowest BCUT2D eigenvalue weighted by Gasteiger charge is -2.47. The van der Waals surface area contributed by atoms with Crippen LogP contribution in [0.5, 0.6) is 0 Å². The van der Waals surface area contributed by atoms with Gasteiger partial charge in [0.05, 0.1) is 6.54 Å². The quantitative estimate of drug-likeness (QED) is 0.793. The highest BCUT2D eigenvalue weighted by atomic mass is 16.1.